The van der Waals surface area contributed by atoms with Gasteiger partial charge < -0.3 is 10.6 Å². The van der Waals surface area contributed by atoms with E-state index in [1.165, 1.54) is 6.42 Å². The molecule has 0 bridgehead atoms. The first-order valence-corrected chi connectivity index (χ1v) is 4.65. The molecule has 1 aliphatic heterocycles. The number of hydrogen-bond acceptors (Lipinski definition) is 2. The number of rotatable bonds is 3. The van der Waals surface area contributed by atoms with Gasteiger partial charge in [0.15, 0.2) is 0 Å². The zero-order chi connectivity index (χ0) is 8.27. The van der Waals surface area contributed by atoms with Gasteiger partial charge in [-0.25, -0.2) is 0 Å². The minimum absolute atomic E-state index is 0.708. The van der Waals surface area contributed by atoms with Crippen LogP contribution in [0.5, 0.6) is 0 Å². The van der Waals surface area contributed by atoms with Gasteiger partial charge in [-0.2, -0.15) is 0 Å². The Balaban J connectivity index is 2.08. The molecule has 1 fully saturated rings. The van der Waals surface area contributed by atoms with Crippen LogP contribution in [0.2, 0.25) is 0 Å². The number of hydrogen-bond donors (Lipinski definition) is 2. The average Bonchev–Trinajstić information content (AvgIpc) is 2.31. The van der Waals surface area contributed by atoms with Gasteiger partial charge in [-0.05, 0) is 25.8 Å². The molecule has 2 unspecified atom stereocenters. The highest BCUT2D eigenvalue weighted by Crippen LogP contribution is 2.05. The second-order valence-electron chi connectivity index (χ2n) is 4.04. The fourth-order valence-electron chi connectivity index (χ4n) is 1.49. The zero-order valence-corrected chi connectivity index (χ0v) is 7.85. The van der Waals surface area contributed by atoms with Crippen molar-refractivity contribution >= 4 is 0 Å². The molecule has 1 saturated heterocycles. The van der Waals surface area contributed by atoms with Crippen LogP contribution in [0.4, 0.5) is 0 Å². The molecule has 1 aliphatic rings. The largest absolute Gasteiger partial charge is 0.313 e. The van der Waals surface area contributed by atoms with Crippen LogP contribution < -0.4 is 10.6 Å². The van der Waals surface area contributed by atoms with Crippen molar-refractivity contribution in [2.24, 2.45) is 5.92 Å². The van der Waals surface area contributed by atoms with Crippen molar-refractivity contribution in [1.29, 1.82) is 0 Å². The normalized spacial score (nSPS) is 31.6. The van der Waals surface area contributed by atoms with Crippen LogP contribution in [0.1, 0.15) is 27.2 Å². The van der Waals surface area contributed by atoms with Gasteiger partial charge in [0, 0.05) is 18.6 Å². The van der Waals surface area contributed by atoms with Crippen molar-refractivity contribution in [2.75, 3.05) is 13.1 Å². The lowest BCUT2D eigenvalue weighted by molar-refractivity contribution is 0.479. The topological polar surface area (TPSA) is 24.1 Å². The van der Waals surface area contributed by atoms with Crippen molar-refractivity contribution < 1.29 is 0 Å². The minimum Gasteiger partial charge on any atom is -0.313 e. The smallest absolute Gasteiger partial charge is 0.0207 e. The van der Waals surface area contributed by atoms with Gasteiger partial charge in [-0.3, -0.25) is 0 Å². The average molecular weight is 156 g/mol. The molecule has 2 atom stereocenters. The van der Waals surface area contributed by atoms with Crippen LogP contribution in [0.3, 0.4) is 0 Å². The summed E-state index contributed by atoms with van der Waals surface area (Å²) in [6.45, 7) is 9.04. The highest BCUT2D eigenvalue weighted by molar-refractivity contribution is 4.83. The summed E-state index contributed by atoms with van der Waals surface area (Å²) in [7, 11) is 0. The van der Waals surface area contributed by atoms with Crippen LogP contribution in [0.25, 0.3) is 0 Å². The van der Waals surface area contributed by atoms with Gasteiger partial charge in [0.1, 0.15) is 0 Å². The summed E-state index contributed by atoms with van der Waals surface area (Å²) in [5.41, 5.74) is 0. The first-order valence-electron chi connectivity index (χ1n) is 4.65. The van der Waals surface area contributed by atoms with E-state index in [0.29, 0.717) is 12.1 Å². The predicted octanol–water partition coefficient (Wildman–Crippen LogP) is 0.982. The van der Waals surface area contributed by atoms with Crippen LogP contribution >= 0.6 is 0 Å². The third-order valence-electron chi connectivity index (χ3n) is 2.17. The molecular weight excluding hydrogens is 136 g/mol. The quantitative estimate of drug-likeness (QED) is 0.636. The Morgan fingerprint density at radius 1 is 1.55 bits per heavy atom. The maximum absolute atomic E-state index is 3.55. The van der Waals surface area contributed by atoms with Crippen molar-refractivity contribution in [2.45, 2.75) is 39.3 Å². The number of nitrogens with one attached hydrogen (secondary N) is 2. The highest BCUT2D eigenvalue weighted by Gasteiger charge is 2.19. The molecule has 1 heterocycles. The van der Waals surface area contributed by atoms with E-state index in [9.17, 15) is 0 Å². The summed E-state index contributed by atoms with van der Waals surface area (Å²) < 4.78 is 0. The van der Waals surface area contributed by atoms with Gasteiger partial charge in [-0.15, -0.1) is 0 Å². The van der Waals surface area contributed by atoms with E-state index < -0.39 is 0 Å². The van der Waals surface area contributed by atoms with E-state index in [0.717, 1.165) is 19.0 Å². The van der Waals surface area contributed by atoms with Crippen LogP contribution in [0.15, 0.2) is 0 Å². The molecule has 0 aromatic rings. The summed E-state index contributed by atoms with van der Waals surface area (Å²) >= 11 is 0. The molecule has 0 spiro atoms. The standard InChI is InChI=1S/C9H20N2/c1-7(2)5-11-9-4-8(3)10-6-9/h7-11H,4-6H2,1-3H3. The van der Waals surface area contributed by atoms with Crippen molar-refractivity contribution in [3.63, 3.8) is 0 Å². The van der Waals surface area contributed by atoms with Gasteiger partial charge in [0.25, 0.3) is 0 Å². The molecule has 0 aromatic heterocycles. The summed E-state index contributed by atoms with van der Waals surface area (Å²) in [4.78, 5) is 0. The summed E-state index contributed by atoms with van der Waals surface area (Å²) in [6, 6.07) is 1.42. The Kier molecular flexibility index (Phi) is 3.34. The van der Waals surface area contributed by atoms with E-state index >= 15 is 0 Å². The van der Waals surface area contributed by atoms with Gasteiger partial charge >= 0.3 is 0 Å². The first-order chi connectivity index (χ1) is 5.18. The van der Waals surface area contributed by atoms with Crippen molar-refractivity contribution in [3.05, 3.63) is 0 Å². The molecular formula is C9H20N2. The Bertz CT molecular complexity index is 112. The Morgan fingerprint density at radius 3 is 2.73 bits per heavy atom. The van der Waals surface area contributed by atoms with Crippen molar-refractivity contribution in [1.82, 2.24) is 10.6 Å². The molecule has 2 heteroatoms. The second kappa shape index (κ2) is 4.07. The van der Waals surface area contributed by atoms with E-state index in [1.807, 2.05) is 0 Å². The Hall–Kier alpha value is -0.0800. The highest BCUT2D eigenvalue weighted by atomic mass is 15.0. The maximum atomic E-state index is 3.55. The summed E-state index contributed by atoms with van der Waals surface area (Å²) in [6.07, 6.45) is 1.28. The van der Waals surface area contributed by atoms with Crippen molar-refractivity contribution in [3.8, 4) is 0 Å². The molecule has 0 amide bonds. The van der Waals surface area contributed by atoms with Gasteiger partial charge in [0.05, 0.1) is 0 Å². The van der Waals surface area contributed by atoms with Crippen LogP contribution in [-0.4, -0.2) is 25.2 Å². The van der Waals surface area contributed by atoms with E-state index in [1.54, 1.807) is 0 Å². The molecule has 0 aromatic carbocycles. The molecule has 0 radical (unpaired) electrons. The van der Waals surface area contributed by atoms with Crippen LogP contribution in [0, 0.1) is 5.92 Å². The van der Waals surface area contributed by atoms with E-state index in [4.69, 9.17) is 0 Å². The molecule has 11 heavy (non-hydrogen) atoms. The van der Waals surface area contributed by atoms with E-state index in [-0.39, 0.29) is 0 Å². The predicted molar refractivity (Wildman–Crippen MR) is 48.7 cm³/mol. The van der Waals surface area contributed by atoms with Gasteiger partial charge in [-0.1, -0.05) is 13.8 Å². The summed E-state index contributed by atoms with van der Waals surface area (Å²) in [5.74, 6) is 0.769. The molecule has 0 aliphatic carbocycles. The Labute approximate surface area is 69.8 Å². The van der Waals surface area contributed by atoms with Crippen LogP contribution in [-0.2, 0) is 0 Å². The lowest BCUT2D eigenvalue weighted by atomic mass is 10.1. The van der Waals surface area contributed by atoms with Gasteiger partial charge in [0.2, 0.25) is 0 Å². The third-order valence-corrected chi connectivity index (χ3v) is 2.17. The molecule has 1 rings (SSSR count). The monoisotopic (exact) mass is 156 g/mol. The minimum atomic E-state index is 0.708. The fraction of sp³-hybridized carbons (Fsp3) is 1.00. The zero-order valence-electron chi connectivity index (χ0n) is 7.85. The lowest BCUT2D eigenvalue weighted by Gasteiger charge is -2.12. The maximum Gasteiger partial charge on any atom is 0.0207 e. The lowest BCUT2D eigenvalue weighted by Crippen LogP contribution is -2.33. The molecule has 0 saturated carbocycles. The third kappa shape index (κ3) is 3.21. The molecule has 2 N–H and O–H groups in total. The molecule has 66 valence electrons. The molecule has 2 nitrogen and oxygen atoms in total. The first kappa shape index (κ1) is 9.01. The van der Waals surface area contributed by atoms with E-state index in [2.05, 4.69) is 31.4 Å². The SMILES string of the molecule is CC(C)CNC1CNC(C)C1. The second-order valence-corrected chi connectivity index (χ2v) is 4.04. The summed E-state index contributed by atoms with van der Waals surface area (Å²) in [5, 5.41) is 6.98. The Morgan fingerprint density at radius 2 is 2.27 bits per heavy atom. The fourth-order valence-corrected chi connectivity index (χ4v) is 1.49.